The van der Waals surface area contributed by atoms with Crippen LogP contribution in [0.5, 0.6) is 0 Å². The number of anilines is 1. The molecule has 4 rings (SSSR count). The van der Waals surface area contributed by atoms with Crippen molar-refractivity contribution in [2.45, 2.75) is 27.2 Å². The zero-order valence-corrected chi connectivity index (χ0v) is 17.2. The zero-order valence-electron chi connectivity index (χ0n) is 15.5. The maximum absolute atomic E-state index is 12.7. The number of hydrogen-bond donors (Lipinski definition) is 2. The maximum Gasteiger partial charge on any atom is 0.277 e. The van der Waals surface area contributed by atoms with Crippen LogP contribution < -0.4 is 5.32 Å². The largest absolute Gasteiger partial charge is 0.410 e. The van der Waals surface area contributed by atoms with Gasteiger partial charge in [-0.2, -0.15) is 0 Å². The SMILES string of the molecule is CC(Sc1nnc(-c2ccc[nH]2)o1)C(=O)Nc1ccccc1Sc1ccccc1. The number of aromatic amines is 1. The van der Waals surface area contributed by atoms with Crippen molar-refractivity contribution in [2.75, 3.05) is 5.32 Å². The Balaban J connectivity index is 1.41. The van der Waals surface area contributed by atoms with Crippen LogP contribution in [0.25, 0.3) is 11.6 Å². The summed E-state index contributed by atoms with van der Waals surface area (Å²) in [7, 11) is 0. The van der Waals surface area contributed by atoms with Crippen molar-refractivity contribution < 1.29 is 9.21 Å². The number of H-pyrrole nitrogens is 1. The van der Waals surface area contributed by atoms with Gasteiger partial charge in [0.2, 0.25) is 5.91 Å². The van der Waals surface area contributed by atoms with E-state index in [0.29, 0.717) is 11.1 Å². The van der Waals surface area contributed by atoms with E-state index in [1.807, 2.05) is 73.7 Å². The van der Waals surface area contributed by atoms with Crippen molar-refractivity contribution in [1.29, 1.82) is 0 Å². The van der Waals surface area contributed by atoms with Gasteiger partial charge in [-0.25, -0.2) is 0 Å². The monoisotopic (exact) mass is 422 g/mol. The fourth-order valence-electron chi connectivity index (χ4n) is 2.54. The molecule has 4 aromatic rings. The molecule has 0 aliphatic carbocycles. The Morgan fingerprint density at radius 2 is 1.83 bits per heavy atom. The summed E-state index contributed by atoms with van der Waals surface area (Å²) in [5.41, 5.74) is 1.52. The number of amides is 1. The summed E-state index contributed by atoms with van der Waals surface area (Å²) in [6, 6.07) is 21.5. The first kappa shape index (κ1) is 19.4. The van der Waals surface area contributed by atoms with Crippen molar-refractivity contribution >= 4 is 35.1 Å². The van der Waals surface area contributed by atoms with Crippen LogP contribution in [-0.2, 0) is 4.79 Å². The molecule has 29 heavy (non-hydrogen) atoms. The van der Waals surface area contributed by atoms with Gasteiger partial charge in [-0.05, 0) is 43.3 Å². The molecule has 0 radical (unpaired) electrons. The van der Waals surface area contributed by atoms with Gasteiger partial charge in [-0.3, -0.25) is 4.79 Å². The van der Waals surface area contributed by atoms with Crippen LogP contribution in [-0.4, -0.2) is 26.3 Å². The fourth-order valence-corrected chi connectivity index (χ4v) is 4.15. The molecular formula is C21H18N4O2S2. The summed E-state index contributed by atoms with van der Waals surface area (Å²) < 4.78 is 5.63. The summed E-state index contributed by atoms with van der Waals surface area (Å²) >= 11 is 2.83. The molecule has 2 aromatic carbocycles. The number of nitrogens with zero attached hydrogens (tertiary/aromatic N) is 2. The molecule has 8 heteroatoms. The molecular weight excluding hydrogens is 404 g/mol. The second-order valence-corrected chi connectivity index (χ2v) is 8.52. The number of carbonyl (C=O) groups is 1. The van der Waals surface area contributed by atoms with Gasteiger partial charge in [0.1, 0.15) is 5.69 Å². The van der Waals surface area contributed by atoms with E-state index in [4.69, 9.17) is 4.42 Å². The lowest BCUT2D eigenvalue weighted by molar-refractivity contribution is -0.115. The normalized spacial score (nSPS) is 11.9. The number of benzene rings is 2. The number of carbonyl (C=O) groups excluding carboxylic acids is 1. The summed E-state index contributed by atoms with van der Waals surface area (Å²) in [4.78, 5) is 17.8. The molecule has 1 atom stereocenters. The summed E-state index contributed by atoms with van der Waals surface area (Å²) in [5.74, 6) is 0.269. The van der Waals surface area contributed by atoms with Gasteiger partial charge in [0.25, 0.3) is 11.1 Å². The van der Waals surface area contributed by atoms with Crippen molar-refractivity contribution in [3.8, 4) is 11.6 Å². The van der Waals surface area contributed by atoms with Crippen LogP contribution in [0.1, 0.15) is 6.92 Å². The molecule has 1 amide bonds. The van der Waals surface area contributed by atoms with Gasteiger partial charge in [0, 0.05) is 16.0 Å². The Hall–Kier alpha value is -2.97. The van der Waals surface area contributed by atoms with E-state index < -0.39 is 5.25 Å². The number of thioether (sulfide) groups is 1. The minimum Gasteiger partial charge on any atom is -0.410 e. The molecule has 1 unspecified atom stereocenters. The molecule has 0 saturated heterocycles. The van der Waals surface area contributed by atoms with Crippen LogP contribution in [0.3, 0.4) is 0 Å². The van der Waals surface area contributed by atoms with Crippen molar-refractivity contribution in [3.05, 3.63) is 72.9 Å². The van der Waals surface area contributed by atoms with Crippen LogP contribution in [0.4, 0.5) is 5.69 Å². The Morgan fingerprint density at radius 1 is 1.03 bits per heavy atom. The van der Waals surface area contributed by atoms with Crippen molar-refractivity contribution in [3.63, 3.8) is 0 Å². The highest BCUT2D eigenvalue weighted by Gasteiger charge is 2.20. The minimum absolute atomic E-state index is 0.129. The first-order valence-electron chi connectivity index (χ1n) is 8.96. The standard InChI is InChI=1S/C21H18N4O2S2/c1-14(28-21-25-24-20(27-21)17-11-7-13-22-17)19(26)23-16-10-5-6-12-18(16)29-15-8-3-2-4-9-15/h2-14,22H,1H3,(H,23,26). The second-order valence-electron chi connectivity index (χ2n) is 6.12. The van der Waals surface area contributed by atoms with Gasteiger partial charge in [-0.1, -0.05) is 53.9 Å². The van der Waals surface area contributed by atoms with E-state index in [0.717, 1.165) is 21.2 Å². The third-order valence-corrected chi connectivity index (χ3v) is 6.02. The zero-order chi connectivity index (χ0) is 20.1. The lowest BCUT2D eigenvalue weighted by Gasteiger charge is -2.13. The van der Waals surface area contributed by atoms with Gasteiger partial charge >= 0.3 is 0 Å². The predicted octanol–water partition coefficient (Wildman–Crippen LogP) is 5.34. The molecule has 0 saturated carbocycles. The lowest BCUT2D eigenvalue weighted by Crippen LogP contribution is -2.22. The Morgan fingerprint density at radius 3 is 2.62 bits per heavy atom. The maximum atomic E-state index is 12.7. The second kappa shape index (κ2) is 9.02. The average molecular weight is 423 g/mol. The van der Waals surface area contributed by atoms with Gasteiger partial charge in [-0.15, -0.1) is 10.2 Å². The summed E-state index contributed by atoms with van der Waals surface area (Å²) in [6.07, 6.45) is 1.79. The first-order chi connectivity index (χ1) is 14.2. The van der Waals surface area contributed by atoms with E-state index in [2.05, 4.69) is 20.5 Å². The molecule has 0 fully saturated rings. The van der Waals surface area contributed by atoms with Crippen LogP contribution >= 0.6 is 23.5 Å². The average Bonchev–Trinajstić information content (AvgIpc) is 3.42. The molecule has 2 aromatic heterocycles. The van der Waals surface area contributed by atoms with Gasteiger partial charge in [0.05, 0.1) is 10.9 Å². The molecule has 2 heterocycles. The van der Waals surface area contributed by atoms with E-state index >= 15 is 0 Å². The molecule has 6 nitrogen and oxygen atoms in total. The Bertz CT molecular complexity index is 1080. The fraction of sp³-hybridized carbons (Fsp3) is 0.0952. The molecule has 2 N–H and O–H groups in total. The highest BCUT2D eigenvalue weighted by atomic mass is 32.2. The first-order valence-corrected chi connectivity index (χ1v) is 10.7. The number of rotatable bonds is 7. The van der Waals surface area contributed by atoms with E-state index in [9.17, 15) is 4.79 Å². The third kappa shape index (κ3) is 4.90. The topological polar surface area (TPSA) is 83.8 Å². The highest BCUT2D eigenvalue weighted by Crippen LogP contribution is 2.34. The van der Waals surface area contributed by atoms with Crippen LogP contribution in [0.2, 0.25) is 0 Å². The van der Waals surface area contributed by atoms with E-state index in [1.165, 1.54) is 11.8 Å². The summed E-state index contributed by atoms with van der Waals surface area (Å²) in [5, 5.41) is 11.0. The number of para-hydroxylation sites is 1. The number of aromatic nitrogens is 3. The Kier molecular flexibility index (Phi) is 6.02. The van der Waals surface area contributed by atoms with E-state index in [-0.39, 0.29) is 5.91 Å². The predicted molar refractivity (Wildman–Crippen MR) is 115 cm³/mol. The van der Waals surface area contributed by atoms with Crippen molar-refractivity contribution in [1.82, 2.24) is 15.2 Å². The highest BCUT2D eigenvalue weighted by molar-refractivity contribution is 8.00. The number of nitrogens with one attached hydrogen (secondary N) is 2. The van der Waals surface area contributed by atoms with Gasteiger partial charge < -0.3 is 14.7 Å². The molecule has 0 bridgehead atoms. The van der Waals surface area contributed by atoms with Gasteiger partial charge in [0.15, 0.2) is 0 Å². The quantitative estimate of drug-likeness (QED) is 0.391. The van der Waals surface area contributed by atoms with Crippen LogP contribution in [0, 0.1) is 0 Å². The molecule has 146 valence electrons. The third-order valence-electron chi connectivity index (χ3n) is 4.00. The molecule has 0 aliphatic rings. The smallest absolute Gasteiger partial charge is 0.277 e. The van der Waals surface area contributed by atoms with Crippen molar-refractivity contribution in [2.24, 2.45) is 0 Å². The molecule has 0 spiro atoms. The Labute approximate surface area is 176 Å². The number of hydrogen-bond acceptors (Lipinski definition) is 6. The van der Waals surface area contributed by atoms with E-state index in [1.54, 1.807) is 18.0 Å². The minimum atomic E-state index is -0.401. The lowest BCUT2D eigenvalue weighted by atomic mass is 10.3. The van der Waals surface area contributed by atoms with Crippen LogP contribution in [0.15, 0.2) is 92.4 Å². The summed E-state index contributed by atoms with van der Waals surface area (Å²) in [6.45, 7) is 1.81. The molecule has 0 aliphatic heterocycles.